The summed E-state index contributed by atoms with van der Waals surface area (Å²) < 4.78 is 16.3. The van der Waals surface area contributed by atoms with E-state index in [0.717, 1.165) is 32.1 Å². The third-order valence-electron chi connectivity index (χ3n) is 4.70. The molecule has 5 nitrogen and oxygen atoms in total. The van der Waals surface area contributed by atoms with Crippen LogP contribution in [0.4, 0.5) is 0 Å². The molecule has 0 spiro atoms. The summed E-state index contributed by atoms with van der Waals surface area (Å²) in [4.78, 5) is 24.1. The highest BCUT2D eigenvalue weighted by atomic mass is 16.6. The van der Waals surface area contributed by atoms with Crippen molar-refractivity contribution >= 4 is 11.9 Å². The van der Waals surface area contributed by atoms with Gasteiger partial charge in [-0.25, -0.2) is 4.79 Å². The van der Waals surface area contributed by atoms with Gasteiger partial charge in [-0.3, -0.25) is 4.79 Å². The van der Waals surface area contributed by atoms with E-state index in [1.54, 1.807) is 26.2 Å². The molecule has 1 aliphatic rings. The molecule has 0 amide bonds. The lowest BCUT2D eigenvalue weighted by Gasteiger charge is -2.35. The molecule has 1 saturated carbocycles. The van der Waals surface area contributed by atoms with E-state index in [0.29, 0.717) is 12.2 Å². The maximum atomic E-state index is 12.2. The highest BCUT2D eigenvalue weighted by Crippen LogP contribution is 2.40. The first-order chi connectivity index (χ1) is 10.9. The van der Waals surface area contributed by atoms with E-state index >= 15 is 0 Å². The lowest BCUT2D eigenvalue weighted by atomic mass is 9.83. The maximum absolute atomic E-state index is 12.2. The number of carbonyl (C=O) groups is 2. The molecule has 1 aromatic heterocycles. The average Bonchev–Trinajstić information content (AvgIpc) is 3.08. The van der Waals surface area contributed by atoms with Gasteiger partial charge in [-0.05, 0) is 58.1 Å². The Balaban J connectivity index is 1.98. The Morgan fingerprint density at radius 1 is 1.26 bits per heavy atom. The van der Waals surface area contributed by atoms with Gasteiger partial charge < -0.3 is 13.9 Å². The fraction of sp³-hybridized carbons (Fsp3) is 0.667. The van der Waals surface area contributed by atoms with Crippen LogP contribution in [0.25, 0.3) is 0 Å². The number of hydrogen-bond donors (Lipinski definition) is 0. The van der Waals surface area contributed by atoms with Gasteiger partial charge in [0.05, 0.1) is 11.7 Å². The predicted octanol–water partition coefficient (Wildman–Crippen LogP) is 3.96. The largest absolute Gasteiger partial charge is 0.465 e. The first-order valence-electron chi connectivity index (χ1n) is 8.33. The summed E-state index contributed by atoms with van der Waals surface area (Å²) in [7, 11) is 0. The summed E-state index contributed by atoms with van der Waals surface area (Å²) in [6, 6.07) is 3.63. The quantitative estimate of drug-likeness (QED) is 0.742. The van der Waals surface area contributed by atoms with Crippen molar-refractivity contribution in [3.63, 3.8) is 0 Å². The minimum Gasteiger partial charge on any atom is -0.465 e. The summed E-state index contributed by atoms with van der Waals surface area (Å²) in [6.07, 6.45) is 6.80. The van der Waals surface area contributed by atoms with Crippen molar-refractivity contribution < 1.29 is 23.5 Å². The molecule has 0 aromatic carbocycles. The number of furan rings is 1. The molecule has 5 heteroatoms. The summed E-state index contributed by atoms with van der Waals surface area (Å²) in [5.41, 5.74) is -1.31. The third-order valence-corrected chi connectivity index (χ3v) is 4.70. The highest BCUT2D eigenvalue weighted by Gasteiger charge is 2.40. The molecule has 0 saturated heterocycles. The molecule has 0 radical (unpaired) electrons. The van der Waals surface area contributed by atoms with Gasteiger partial charge in [0, 0.05) is 0 Å². The van der Waals surface area contributed by atoms with Crippen molar-refractivity contribution in [3.05, 3.63) is 24.2 Å². The maximum Gasteiger partial charge on any atom is 0.345 e. The van der Waals surface area contributed by atoms with Crippen molar-refractivity contribution in [1.29, 1.82) is 0 Å². The Morgan fingerprint density at radius 2 is 1.96 bits per heavy atom. The fourth-order valence-corrected chi connectivity index (χ4v) is 2.77. The second-order valence-electron chi connectivity index (χ2n) is 6.82. The molecule has 23 heavy (non-hydrogen) atoms. The van der Waals surface area contributed by atoms with Crippen LogP contribution >= 0.6 is 0 Å². The molecule has 0 aliphatic heterocycles. The van der Waals surface area contributed by atoms with E-state index in [2.05, 4.69) is 0 Å². The van der Waals surface area contributed by atoms with Crippen LogP contribution in [0.2, 0.25) is 0 Å². The molecule has 128 valence electrons. The monoisotopic (exact) mass is 322 g/mol. The van der Waals surface area contributed by atoms with E-state index in [1.807, 2.05) is 13.0 Å². The first-order valence-corrected chi connectivity index (χ1v) is 8.33. The minimum absolute atomic E-state index is 0.356. The normalized spacial score (nSPS) is 17.5. The van der Waals surface area contributed by atoms with Gasteiger partial charge in [0.15, 0.2) is 12.2 Å². The number of esters is 2. The second-order valence-corrected chi connectivity index (χ2v) is 6.82. The van der Waals surface area contributed by atoms with Gasteiger partial charge in [-0.15, -0.1) is 0 Å². The van der Waals surface area contributed by atoms with Crippen LogP contribution in [0.15, 0.2) is 22.8 Å². The van der Waals surface area contributed by atoms with Crippen molar-refractivity contribution in [2.45, 2.75) is 64.9 Å². The van der Waals surface area contributed by atoms with Crippen LogP contribution in [0.1, 0.15) is 65.1 Å². The van der Waals surface area contributed by atoms with Gasteiger partial charge in [0.2, 0.25) is 0 Å². The number of ether oxygens (including phenoxy) is 2. The predicted molar refractivity (Wildman–Crippen MR) is 84.6 cm³/mol. The van der Waals surface area contributed by atoms with Gasteiger partial charge in [-0.1, -0.05) is 13.3 Å². The van der Waals surface area contributed by atoms with E-state index in [9.17, 15) is 9.59 Å². The Kier molecular flexibility index (Phi) is 5.50. The topological polar surface area (TPSA) is 65.7 Å². The van der Waals surface area contributed by atoms with Crippen LogP contribution in [0, 0.1) is 5.41 Å². The Morgan fingerprint density at radius 3 is 2.52 bits per heavy atom. The van der Waals surface area contributed by atoms with Crippen molar-refractivity contribution in [2.75, 3.05) is 6.61 Å². The number of carbonyl (C=O) groups excluding carboxylic acids is 2. The van der Waals surface area contributed by atoms with Crippen LogP contribution in [0.5, 0.6) is 0 Å². The number of hydrogen-bond acceptors (Lipinski definition) is 5. The molecule has 1 fully saturated rings. The van der Waals surface area contributed by atoms with Crippen LogP contribution < -0.4 is 0 Å². The first kappa shape index (κ1) is 17.6. The van der Waals surface area contributed by atoms with Gasteiger partial charge in [0.25, 0.3) is 0 Å². The lowest BCUT2D eigenvalue weighted by molar-refractivity contribution is -0.179. The third kappa shape index (κ3) is 4.15. The molecular formula is C18H26O5. The van der Waals surface area contributed by atoms with Crippen LogP contribution in [0.3, 0.4) is 0 Å². The Bertz CT molecular complexity index is 524. The summed E-state index contributed by atoms with van der Waals surface area (Å²) in [5, 5.41) is 0. The zero-order valence-electron chi connectivity index (χ0n) is 14.2. The van der Waals surface area contributed by atoms with E-state index in [-0.39, 0.29) is 12.6 Å². The molecule has 0 N–H and O–H groups in total. The smallest absolute Gasteiger partial charge is 0.345 e. The van der Waals surface area contributed by atoms with E-state index < -0.39 is 17.0 Å². The fourth-order valence-electron chi connectivity index (χ4n) is 2.77. The molecular weight excluding hydrogens is 296 g/mol. The van der Waals surface area contributed by atoms with Crippen molar-refractivity contribution in [3.8, 4) is 0 Å². The summed E-state index contributed by atoms with van der Waals surface area (Å²) in [5.74, 6) is -0.234. The van der Waals surface area contributed by atoms with Gasteiger partial charge >= 0.3 is 11.9 Å². The molecule has 0 bridgehead atoms. The molecule has 1 heterocycles. The molecule has 1 aliphatic carbocycles. The second kappa shape index (κ2) is 7.20. The van der Waals surface area contributed by atoms with Gasteiger partial charge in [0.1, 0.15) is 5.76 Å². The highest BCUT2D eigenvalue weighted by molar-refractivity contribution is 5.80. The molecule has 0 unspecified atom stereocenters. The van der Waals surface area contributed by atoms with Crippen LogP contribution in [-0.2, 0) is 24.7 Å². The van der Waals surface area contributed by atoms with E-state index in [4.69, 9.17) is 13.9 Å². The summed E-state index contributed by atoms with van der Waals surface area (Å²) >= 11 is 0. The lowest BCUT2D eigenvalue weighted by Crippen LogP contribution is -2.36. The average molecular weight is 322 g/mol. The van der Waals surface area contributed by atoms with Gasteiger partial charge in [-0.2, -0.15) is 0 Å². The molecule has 0 atom stereocenters. The zero-order valence-corrected chi connectivity index (χ0v) is 14.2. The van der Waals surface area contributed by atoms with Crippen molar-refractivity contribution in [2.24, 2.45) is 5.41 Å². The Labute approximate surface area is 137 Å². The number of rotatable bonds is 6. The Hall–Kier alpha value is -1.78. The molecule has 2 rings (SSSR count). The standard InChI is InChI=1S/C18H26O5/c1-4-17(2,3)16(20)22-13-15(19)23-18(10-6-5-7-11-18)14-9-8-12-21-14/h8-9,12H,4-7,10-11,13H2,1-3H3. The summed E-state index contributed by atoms with van der Waals surface area (Å²) in [6.45, 7) is 5.15. The van der Waals surface area contributed by atoms with E-state index in [1.165, 1.54) is 0 Å². The SMILES string of the molecule is CCC(C)(C)C(=O)OCC(=O)OC1(c2ccco2)CCCCC1. The zero-order chi connectivity index (χ0) is 16.9. The van der Waals surface area contributed by atoms with Crippen LogP contribution in [-0.4, -0.2) is 18.5 Å². The molecule has 1 aromatic rings. The van der Waals surface area contributed by atoms with Crippen molar-refractivity contribution in [1.82, 2.24) is 0 Å². The minimum atomic E-state index is -0.717.